The molecule has 2 N–H and O–H groups in total. The first kappa shape index (κ1) is 16.8. The lowest BCUT2D eigenvalue weighted by Crippen LogP contribution is -2.02. The van der Waals surface area contributed by atoms with Gasteiger partial charge in [0, 0.05) is 23.2 Å². The summed E-state index contributed by atoms with van der Waals surface area (Å²) < 4.78 is 1.97. The van der Waals surface area contributed by atoms with Crippen molar-refractivity contribution in [3.63, 3.8) is 0 Å². The van der Waals surface area contributed by atoms with Crippen LogP contribution in [0.15, 0.2) is 54.6 Å². The van der Waals surface area contributed by atoms with Gasteiger partial charge in [0.2, 0.25) is 0 Å². The Bertz CT molecular complexity index is 1190. The molecule has 0 radical (unpaired) electrons. The molecular weight excluding hydrogens is 340 g/mol. The van der Waals surface area contributed by atoms with Crippen molar-refractivity contribution < 1.29 is 5.11 Å². The molecule has 0 saturated carbocycles. The molecular formula is C20H18N6O. The van der Waals surface area contributed by atoms with Crippen molar-refractivity contribution in [2.24, 2.45) is 0 Å². The molecule has 3 heterocycles. The van der Waals surface area contributed by atoms with Crippen LogP contribution < -0.4 is 0 Å². The fourth-order valence-corrected chi connectivity index (χ4v) is 3.25. The second kappa shape index (κ2) is 6.60. The molecule has 4 rings (SSSR count). The van der Waals surface area contributed by atoms with Crippen molar-refractivity contribution in [3.8, 4) is 0 Å². The molecule has 0 bridgehead atoms. The van der Waals surface area contributed by atoms with Crippen molar-refractivity contribution in [2.75, 3.05) is 0 Å². The minimum Gasteiger partial charge on any atom is -0.512 e. The second-order valence-corrected chi connectivity index (χ2v) is 6.35. The zero-order chi connectivity index (χ0) is 19.0. The summed E-state index contributed by atoms with van der Waals surface area (Å²) in [5.41, 5.74) is 4.74. The van der Waals surface area contributed by atoms with Gasteiger partial charge >= 0.3 is 0 Å². The Labute approximate surface area is 155 Å². The van der Waals surface area contributed by atoms with Crippen LogP contribution in [0.1, 0.15) is 30.9 Å². The summed E-state index contributed by atoms with van der Waals surface area (Å²) in [6, 6.07) is 11.4. The Morgan fingerprint density at radius 1 is 1.11 bits per heavy atom. The van der Waals surface area contributed by atoms with Crippen LogP contribution in [0.5, 0.6) is 0 Å². The van der Waals surface area contributed by atoms with Crippen LogP contribution in [0.25, 0.3) is 22.3 Å². The van der Waals surface area contributed by atoms with Crippen molar-refractivity contribution >= 4 is 28.0 Å². The zero-order valence-corrected chi connectivity index (χ0v) is 15.0. The van der Waals surface area contributed by atoms with E-state index in [1.54, 1.807) is 26.2 Å². The highest BCUT2D eigenvalue weighted by Crippen LogP contribution is 2.24. The number of rotatable bonds is 4. The molecule has 0 aliphatic carbocycles. The summed E-state index contributed by atoms with van der Waals surface area (Å²) in [7, 11) is 0. The summed E-state index contributed by atoms with van der Waals surface area (Å²) in [6.45, 7) is 3.24. The fraction of sp³-hybridized carbons (Fsp3) is 0.150. The van der Waals surface area contributed by atoms with E-state index in [9.17, 15) is 5.11 Å². The average molecular weight is 358 g/mol. The van der Waals surface area contributed by atoms with E-state index in [4.69, 9.17) is 5.41 Å². The van der Waals surface area contributed by atoms with Crippen LogP contribution in [0.3, 0.4) is 0 Å². The quantitative estimate of drug-likeness (QED) is 0.429. The Morgan fingerprint density at radius 3 is 2.67 bits per heavy atom. The Balaban J connectivity index is 1.88. The molecule has 0 aliphatic heterocycles. The summed E-state index contributed by atoms with van der Waals surface area (Å²) in [4.78, 5) is 8.84. The minimum atomic E-state index is 0.114. The lowest BCUT2D eigenvalue weighted by molar-refractivity contribution is 0.418. The molecule has 4 aromatic rings. The lowest BCUT2D eigenvalue weighted by atomic mass is 10.0. The third-order valence-electron chi connectivity index (χ3n) is 4.38. The van der Waals surface area contributed by atoms with Gasteiger partial charge in [-0.05, 0) is 43.7 Å². The van der Waals surface area contributed by atoms with Crippen LogP contribution in [0.4, 0.5) is 0 Å². The molecule has 3 aromatic heterocycles. The van der Waals surface area contributed by atoms with Crippen molar-refractivity contribution in [2.45, 2.75) is 20.3 Å². The predicted molar refractivity (Wildman–Crippen MR) is 104 cm³/mol. The molecule has 0 aliphatic rings. The standard InChI is InChI=1S/C20H18N6O/c1-12(21)20(13(2)27)14-6-7-17-16(9-14)23-11-19-25-24-18(26(17)19)10-15-5-3-4-8-22-15/h3-9,11,21,27H,10H2,1-2H3/b20-13+,21-12?. The molecule has 7 heteroatoms. The molecule has 0 spiro atoms. The zero-order valence-electron chi connectivity index (χ0n) is 15.0. The maximum Gasteiger partial charge on any atom is 0.179 e. The van der Waals surface area contributed by atoms with Gasteiger partial charge in [-0.3, -0.25) is 14.4 Å². The van der Waals surface area contributed by atoms with E-state index >= 15 is 0 Å². The van der Waals surface area contributed by atoms with Crippen LogP contribution in [0.2, 0.25) is 0 Å². The first-order valence-electron chi connectivity index (χ1n) is 8.53. The number of nitrogens with one attached hydrogen (secondary N) is 1. The fourth-order valence-electron chi connectivity index (χ4n) is 3.25. The van der Waals surface area contributed by atoms with E-state index in [-0.39, 0.29) is 5.76 Å². The number of allylic oxidation sites excluding steroid dienone is 2. The molecule has 0 atom stereocenters. The smallest absolute Gasteiger partial charge is 0.179 e. The highest BCUT2D eigenvalue weighted by Gasteiger charge is 2.14. The summed E-state index contributed by atoms with van der Waals surface area (Å²) >= 11 is 0. The van der Waals surface area contributed by atoms with Gasteiger partial charge in [0.05, 0.1) is 29.4 Å². The van der Waals surface area contributed by atoms with Gasteiger partial charge in [0.25, 0.3) is 0 Å². The topological polar surface area (TPSA) is 100 Å². The van der Waals surface area contributed by atoms with E-state index in [1.807, 2.05) is 40.8 Å². The first-order chi connectivity index (χ1) is 13.0. The minimum absolute atomic E-state index is 0.114. The van der Waals surface area contributed by atoms with Gasteiger partial charge in [-0.2, -0.15) is 0 Å². The van der Waals surface area contributed by atoms with Crippen LogP contribution in [-0.2, 0) is 6.42 Å². The molecule has 27 heavy (non-hydrogen) atoms. The molecule has 134 valence electrons. The van der Waals surface area contributed by atoms with Crippen molar-refractivity contribution in [1.82, 2.24) is 24.6 Å². The van der Waals surface area contributed by atoms with Crippen LogP contribution in [0, 0.1) is 5.41 Å². The maximum atomic E-state index is 9.94. The number of aliphatic hydroxyl groups is 1. The summed E-state index contributed by atoms with van der Waals surface area (Å²) in [5.74, 6) is 0.893. The van der Waals surface area contributed by atoms with E-state index in [1.165, 1.54) is 0 Å². The predicted octanol–water partition coefficient (Wildman–Crippen LogP) is 3.59. The molecule has 7 nitrogen and oxygen atoms in total. The van der Waals surface area contributed by atoms with E-state index in [2.05, 4.69) is 20.2 Å². The maximum absolute atomic E-state index is 9.94. The number of benzene rings is 1. The average Bonchev–Trinajstić information content (AvgIpc) is 3.05. The first-order valence-corrected chi connectivity index (χ1v) is 8.53. The van der Waals surface area contributed by atoms with E-state index < -0.39 is 0 Å². The molecule has 0 amide bonds. The highest BCUT2D eigenvalue weighted by atomic mass is 16.3. The highest BCUT2D eigenvalue weighted by molar-refractivity contribution is 6.22. The van der Waals surface area contributed by atoms with E-state index in [0.29, 0.717) is 23.4 Å². The van der Waals surface area contributed by atoms with Gasteiger partial charge < -0.3 is 10.5 Å². The van der Waals surface area contributed by atoms with E-state index in [0.717, 1.165) is 28.1 Å². The Morgan fingerprint density at radius 2 is 1.96 bits per heavy atom. The summed E-state index contributed by atoms with van der Waals surface area (Å²) in [5, 5.41) is 26.4. The molecule has 1 aromatic carbocycles. The second-order valence-electron chi connectivity index (χ2n) is 6.35. The molecule has 0 unspecified atom stereocenters. The van der Waals surface area contributed by atoms with Crippen molar-refractivity contribution in [3.05, 3.63) is 71.6 Å². The van der Waals surface area contributed by atoms with Crippen LogP contribution >= 0.6 is 0 Å². The SMILES string of the molecule is CC(=N)/C(=C(/C)O)c1ccc2c(c1)ncc1nnc(Cc3ccccn3)n12. The third-order valence-corrected chi connectivity index (χ3v) is 4.38. The lowest BCUT2D eigenvalue weighted by Gasteiger charge is -2.10. The number of nitrogens with zero attached hydrogens (tertiary/aromatic N) is 5. The monoisotopic (exact) mass is 358 g/mol. The van der Waals surface area contributed by atoms with Crippen molar-refractivity contribution in [1.29, 1.82) is 5.41 Å². The van der Waals surface area contributed by atoms with Gasteiger partial charge in [-0.25, -0.2) is 0 Å². The number of hydrogen-bond donors (Lipinski definition) is 2. The Kier molecular flexibility index (Phi) is 4.12. The largest absolute Gasteiger partial charge is 0.512 e. The van der Waals surface area contributed by atoms with Gasteiger partial charge in [0.1, 0.15) is 5.82 Å². The summed E-state index contributed by atoms with van der Waals surface area (Å²) in [6.07, 6.45) is 3.99. The molecule has 0 fully saturated rings. The third kappa shape index (κ3) is 3.03. The number of aromatic nitrogens is 5. The van der Waals surface area contributed by atoms with Crippen LogP contribution in [-0.4, -0.2) is 35.4 Å². The normalized spacial score (nSPS) is 12.4. The number of aliphatic hydroxyl groups excluding tert-OH is 1. The number of hydrogen-bond acceptors (Lipinski definition) is 6. The number of fused-ring (bicyclic) bond motifs is 3. The molecule has 0 saturated heterocycles. The van der Waals surface area contributed by atoms with Gasteiger partial charge in [-0.15, -0.1) is 10.2 Å². The Hall–Kier alpha value is -3.61. The van der Waals surface area contributed by atoms with Gasteiger partial charge in [0.15, 0.2) is 5.65 Å². The van der Waals surface area contributed by atoms with Gasteiger partial charge in [-0.1, -0.05) is 12.1 Å². The number of pyridine rings is 1.